The zero-order chi connectivity index (χ0) is 13.8. The van der Waals surface area contributed by atoms with E-state index >= 15 is 0 Å². The molecule has 0 atom stereocenters. The van der Waals surface area contributed by atoms with Crippen molar-refractivity contribution in [3.63, 3.8) is 0 Å². The monoisotopic (exact) mass is 275 g/mol. The number of benzene rings is 2. The molecule has 0 aliphatic heterocycles. The first-order valence-corrected chi connectivity index (χ1v) is 7.39. The zero-order valence-corrected chi connectivity index (χ0v) is 12.1. The summed E-state index contributed by atoms with van der Waals surface area (Å²) >= 11 is 1.69. The average molecular weight is 275 g/mol. The van der Waals surface area contributed by atoms with Crippen LogP contribution in [0.3, 0.4) is 0 Å². The highest BCUT2D eigenvalue weighted by Crippen LogP contribution is 2.24. The largest absolute Gasteiger partial charge is 0.398 e. The number of hydrogen-bond acceptors (Lipinski definition) is 2. The Morgan fingerprint density at radius 1 is 1.05 bits per heavy atom. The molecule has 0 aliphatic rings. The number of nitrogens with two attached hydrogens (primary N) is 1. The van der Waals surface area contributed by atoms with Crippen LogP contribution in [0.2, 0.25) is 0 Å². The summed E-state index contributed by atoms with van der Waals surface area (Å²) in [5, 5.41) is 0. The van der Waals surface area contributed by atoms with Gasteiger partial charge < -0.3 is 5.73 Å². The fourth-order valence-electron chi connectivity index (χ4n) is 2.15. The van der Waals surface area contributed by atoms with Crippen LogP contribution in [-0.4, -0.2) is 0 Å². The molecule has 3 heteroatoms. The molecule has 2 N–H and O–H groups in total. The average Bonchev–Trinajstić information content (AvgIpc) is 2.32. The van der Waals surface area contributed by atoms with E-state index in [-0.39, 0.29) is 5.82 Å². The standard InChI is InChI=1S/C16H18FNS/c1-11-6-12(2)8-13(7-11)9-19-10-14-15(17)4-3-5-16(14)18/h3-8H,9-10,18H2,1-2H3. The van der Waals surface area contributed by atoms with Gasteiger partial charge >= 0.3 is 0 Å². The first-order valence-electron chi connectivity index (χ1n) is 6.24. The van der Waals surface area contributed by atoms with E-state index < -0.39 is 0 Å². The van der Waals surface area contributed by atoms with Gasteiger partial charge in [-0.2, -0.15) is 11.8 Å². The zero-order valence-electron chi connectivity index (χ0n) is 11.2. The highest BCUT2D eigenvalue weighted by atomic mass is 32.2. The lowest BCUT2D eigenvalue weighted by Crippen LogP contribution is -1.96. The second-order valence-electron chi connectivity index (χ2n) is 4.80. The van der Waals surface area contributed by atoms with Gasteiger partial charge in [0.15, 0.2) is 0 Å². The van der Waals surface area contributed by atoms with Crippen LogP contribution in [0, 0.1) is 19.7 Å². The van der Waals surface area contributed by atoms with E-state index in [0.29, 0.717) is 17.0 Å². The third-order valence-corrected chi connectivity index (χ3v) is 3.98. The molecule has 0 unspecified atom stereocenters. The van der Waals surface area contributed by atoms with Crippen molar-refractivity contribution in [2.24, 2.45) is 0 Å². The fourth-order valence-corrected chi connectivity index (χ4v) is 3.16. The number of thioether (sulfide) groups is 1. The third-order valence-electron chi connectivity index (χ3n) is 2.95. The van der Waals surface area contributed by atoms with E-state index in [9.17, 15) is 4.39 Å². The predicted molar refractivity (Wildman–Crippen MR) is 81.7 cm³/mol. The number of anilines is 1. The highest BCUT2D eigenvalue weighted by molar-refractivity contribution is 7.97. The minimum atomic E-state index is -0.215. The predicted octanol–water partition coefficient (Wildman–Crippen LogP) is 4.46. The van der Waals surface area contributed by atoms with Gasteiger partial charge in [0.05, 0.1) is 0 Å². The van der Waals surface area contributed by atoms with Crippen molar-refractivity contribution in [3.8, 4) is 0 Å². The maximum absolute atomic E-state index is 13.6. The number of hydrogen-bond donors (Lipinski definition) is 1. The Morgan fingerprint density at radius 3 is 2.37 bits per heavy atom. The van der Waals surface area contributed by atoms with Crippen LogP contribution in [0.25, 0.3) is 0 Å². The summed E-state index contributed by atoms with van der Waals surface area (Å²) in [4.78, 5) is 0. The number of halogens is 1. The molecule has 2 aromatic rings. The molecular weight excluding hydrogens is 257 g/mol. The van der Waals surface area contributed by atoms with Gasteiger partial charge in [0.2, 0.25) is 0 Å². The Bertz CT molecular complexity index is 540. The molecule has 0 bridgehead atoms. The summed E-state index contributed by atoms with van der Waals surface area (Å²) in [6, 6.07) is 11.3. The van der Waals surface area contributed by atoms with E-state index in [0.717, 1.165) is 5.75 Å². The van der Waals surface area contributed by atoms with Crippen LogP contribution in [0.15, 0.2) is 36.4 Å². The lowest BCUT2D eigenvalue weighted by atomic mass is 10.1. The van der Waals surface area contributed by atoms with Crippen LogP contribution >= 0.6 is 11.8 Å². The number of aryl methyl sites for hydroxylation is 2. The highest BCUT2D eigenvalue weighted by Gasteiger charge is 2.06. The Labute approximate surface area is 118 Å². The topological polar surface area (TPSA) is 26.0 Å². The Balaban J connectivity index is 2.00. The molecule has 19 heavy (non-hydrogen) atoms. The third kappa shape index (κ3) is 3.74. The molecule has 0 radical (unpaired) electrons. The Kier molecular flexibility index (Phi) is 4.48. The molecule has 2 aromatic carbocycles. The maximum Gasteiger partial charge on any atom is 0.129 e. The Hall–Kier alpha value is -1.48. The molecule has 100 valence electrons. The normalized spacial score (nSPS) is 10.7. The van der Waals surface area contributed by atoms with Crippen molar-refractivity contribution in [2.75, 3.05) is 5.73 Å². The van der Waals surface area contributed by atoms with E-state index in [1.54, 1.807) is 23.9 Å². The minimum absolute atomic E-state index is 0.215. The van der Waals surface area contributed by atoms with Gasteiger partial charge in [-0.15, -0.1) is 0 Å². The van der Waals surface area contributed by atoms with Gasteiger partial charge in [-0.3, -0.25) is 0 Å². The smallest absolute Gasteiger partial charge is 0.129 e. The molecule has 2 rings (SSSR count). The quantitative estimate of drug-likeness (QED) is 0.834. The van der Waals surface area contributed by atoms with Gasteiger partial charge in [0.1, 0.15) is 5.82 Å². The minimum Gasteiger partial charge on any atom is -0.398 e. The molecule has 0 heterocycles. The molecule has 0 amide bonds. The lowest BCUT2D eigenvalue weighted by molar-refractivity contribution is 0.618. The number of rotatable bonds is 4. The van der Waals surface area contributed by atoms with Crippen LogP contribution in [-0.2, 0) is 11.5 Å². The summed E-state index contributed by atoms with van der Waals surface area (Å²) in [5.74, 6) is 1.26. The van der Waals surface area contributed by atoms with Crippen molar-refractivity contribution in [2.45, 2.75) is 25.4 Å². The van der Waals surface area contributed by atoms with Crippen LogP contribution < -0.4 is 5.73 Å². The molecule has 0 saturated carbocycles. The molecule has 0 fully saturated rings. The summed E-state index contributed by atoms with van der Waals surface area (Å²) in [6.45, 7) is 4.19. The van der Waals surface area contributed by atoms with Crippen LogP contribution in [0.4, 0.5) is 10.1 Å². The van der Waals surface area contributed by atoms with Gasteiger partial charge in [0.25, 0.3) is 0 Å². The summed E-state index contributed by atoms with van der Waals surface area (Å²) in [5.41, 5.74) is 10.7. The molecule has 0 aromatic heterocycles. The summed E-state index contributed by atoms with van der Waals surface area (Å²) < 4.78 is 13.6. The molecule has 0 saturated heterocycles. The van der Waals surface area contributed by atoms with Crippen molar-refractivity contribution < 1.29 is 4.39 Å². The van der Waals surface area contributed by atoms with Crippen molar-refractivity contribution >= 4 is 17.4 Å². The van der Waals surface area contributed by atoms with Crippen LogP contribution in [0.5, 0.6) is 0 Å². The van der Waals surface area contributed by atoms with Gasteiger partial charge in [-0.05, 0) is 31.5 Å². The SMILES string of the molecule is Cc1cc(C)cc(CSCc2c(N)cccc2F)c1. The number of nitrogen functional groups attached to an aromatic ring is 1. The van der Waals surface area contributed by atoms with Crippen molar-refractivity contribution in [1.29, 1.82) is 0 Å². The molecule has 0 spiro atoms. The maximum atomic E-state index is 13.6. The van der Waals surface area contributed by atoms with E-state index in [1.807, 2.05) is 0 Å². The first kappa shape index (κ1) is 13.9. The van der Waals surface area contributed by atoms with E-state index in [4.69, 9.17) is 5.73 Å². The van der Waals surface area contributed by atoms with Gasteiger partial charge in [-0.1, -0.05) is 35.4 Å². The lowest BCUT2D eigenvalue weighted by Gasteiger charge is -2.08. The van der Waals surface area contributed by atoms with E-state index in [1.165, 1.54) is 22.8 Å². The van der Waals surface area contributed by atoms with Gasteiger partial charge in [-0.25, -0.2) is 4.39 Å². The second kappa shape index (κ2) is 6.11. The van der Waals surface area contributed by atoms with Crippen molar-refractivity contribution in [3.05, 3.63) is 64.5 Å². The Morgan fingerprint density at radius 2 is 1.74 bits per heavy atom. The van der Waals surface area contributed by atoms with Crippen LogP contribution in [0.1, 0.15) is 22.3 Å². The summed E-state index contributed by atoms with van der Waals surface area (Å²) in [6.07, 6.45) is 0. The molecule has 0 aliphatic carbocycles. The summed E-state index contributed by atoms with van der Waals surface area (Å²) in [7, 11) is 0. The van der Waals surface area contributed by atoms with Gasteiger partial charge in [0, 0.05) is 22.8 Å². The van der Waals surface area contributed by atoms with Crippen molar-refractivity contribution in [1.82, 2.24) is 0 Å². The fraction of sp³-hybridized carbons (Fsp3) is 0.250. The molecule has 1 nitrogen and oxygen atoms in total. The van der Waals surface area contributed by atoms with E-state index in [2.05, 4.69) is 32.0 Å². The second-order valence-corrected chi connectivity index (χ2v) is 5.78. The molecular formula is C16H18FNS. The first-order chi connectivity index (χ1) is 9.06.